The normalized spacial score (nSPS) is 15.8. The van der Waals surface area contributed by atoms with Crippen molar-refractivity contribution < 1.29 is 58.5 Å². The van der Waals surface area contributed by atoms with E-state index in [9.17, 15) is 58.5 Å². The van der Waals surface area contributed by atoms with Gasteiger partial charge in [-0.15, -0.1) is 0 Å². The van der Waals surface area contributed by atoms with Crippen LogP contribution in [0.3, 0.4) is 0 Å². The number of phenols is 1. The molecule has 0 bridgehead atoms. The van der Waals surface area contributed by atoms with Crippen LogP contribution in [0.2, 0.25) is 0 Å². The van der Waals surface area contributed by atoms with E-state index in [0.29, 0.717) is 30.4 Å². The highest BCUT2D eigenvalue weighted by Crippen LogP contribution is 2.17. The maximum Gasteiger partial charge on any atom is 0.328 e. The van der Waals surface area contributed by atoms with Crippen molar-refractivity contribution in [3.8, 4) is 5.75 Å². The summed E-state index contributed by atoms with van der Waals surface area (Å²) in [5.74, 6) is -8.85. The van der Waals surface area contributed by atoms with Crippen LogP contribution in [-0.4, -0.2) is 130 Å². The van der Waals surface area contributed by atoms with Crippen molar-refractivity contribution in [1.82, 2.24) is 42.5 Å². The van der Waals surface area contributed by atoms with Gasteiger partial charge >= 0.3 is 5.97 Å². The third-order valence-corrected chi connectivity index (χ3v) is 12.7. The number of nitrogens with one attached hydrogen (secondary N) is 8. The minimum atomic E-state index is -1.61. The molecule has 2 aromatic carbocycles. The number of carboxylic acid groups (broad SMARTS) is 1. The summed E-state index contributed by atoms with van der Waals surface area (Å²) in [5, 5.41) is 49.7. The number of phenolic OH excluding ortho intramolecular Hbond substituents is 1. The van der Waals surface area contributed by atoms with Crippen LogP contribution in [0.1, 0.15) is 113 Å². The second-order valence-corrected chi connectivity index (χ2v) is 20.4. The topological polar surface area (TPSA) is 337 Å². The molecule has 0 unspecified atom stereocenters. The number of aliphatic hydroxyl groups is 1. The molecule has 0 spiro atoms. The highest BCUT2D eigenvalue weighted by molar-refractivity contribution is 5.98. The van der Waals surface area contributed by atoms with E-state index >= 15 is 0 Å². The molecule has 2 rings (SSSR count). The van der Waals surface area contributed by atoms with Gasteiger partial charge in [-0.1, -0.05) is 125 Å². The van der Waals surface area contributed by atoms with Crippen molar-refractivity contribution in [1.29, 1.82) is 0 Å². The van der Waals surface area contributed by atoms with Crippen LogP contribution >= 0.6 is 0 Å². The van der Waals surface area contributed by atoms with Crippen molar-refractivity contribution in [2.45, 2.75) is 169 Å². The van der Waals surface area contributed by atoms with Gasteiger partial charge in [0, 0.05) is 12.8 Å². The van der Waals surface area contributed by atoms with E-state index in [1.807, 2.05) is 41.5 Å². The van der Waals surface area contributed by atoms with E-state index in [0.717, 1.165) is 0 Å². The third kappa shape index (κ3) is 21.1. The summed E-state index contributed by atoms with van der Waals surface area (Å²) < 4.78 is 0. The fourth-order valence-electron chi connectivity index (χ4n) is 7.81. The molecule has 0 aliphatic rings. The smallest absolute Gasteiger partial charge is 0.328 e. The quantitative estimate of drug-likeness (QED) is 0.0508. The molecule has 412 valence electrons. The maximum absolute atomic E-state index is 14.5. The predicted molar refractivity (Wildman–Crippen MR) is 278 cm³/mol. The molecular formula is C53H83N9O12. The molecule has 0 saturated carbocycles. The molecule has 0 heterocycles. The molecule has 11 atom stereocenters. The van der Waals surface area contributed by atoms with E-state index < -0.39 is 132 Å². The van der Waals surface area contributed by atoms with Crippen LogP contribution in [0.15, 0.2) is 54.6 Å². The van der Waals surface area contributed by atoms with Crippen molar-refractivity contribution in [3.63, 3.8) is 0 Å². The number of carbonyl (C=O) groups is 9. The van der Waals surface area contributed by atoms with Gasteiger partial charge in [0.2, 0.25) is 47.3 Å². The molecular weight excluding hydrogens is 955 g/mol. The van der Waals surface area contributed by atoms with E-state index in [1.165, 1.54) is 19.1 Å². The Balaban J connectivity index is 2.44. The summed E-state index contributed by atoms with van der Waals surface area (Å²) in [6.07, 6.45) is 1.28. The predicted octanol–water partition coefficient (Wildman–Crippen LogP) is 1.32. The van der Waals surface area contributed by atoms with E-state index in [1.54, 1.807) is 70.2 Å². The lowest BCUT2D eigenvalue weighted by atomic mass is 9.93. The second kappa shape index (κ2) is 31.2. The monoisotopic (exact) mass is 1040 g/mol. The van der Waals surface area contributed by atoms with Crippen molar-refractivity contribution in [3.05, 3.63) is 65.7 Å². The highest BCUT2D eigenvalue weighted by Gasteiger charge is 2.38. The van der Waals surface area contributed by atoms with Crippen LogP contribution in [-0.2, 0) is 56.0 Å². The van der Waals surface area contributed by atoms with Gasteiger partial charge in [0.05, 0.1) is 12.6 Å². The summed E-state index contributed by atoms with van der Waals surface area (Å²) >= 11 is 0. The molecule has 0 aromatic heterocycles. The lowest BCUT2D eigenvalue weighted by Gasteiger charge is -2.31. The Labute approximate surface area is 435 Å². The number of aromatic hydroxyl groups is 1. The number of rotatable bonds is 31. The Morgan fingerprint density at radius 3 is 1.35 bits per heavy atom. The number of amides is 8. The number of carbonyl (C=O) groups excluding carboxylic acids is 8. The van der Waals surface area contributed by atoms with Gasteiger partial charge in [-0.3, -0.25) is 38.4 Å². The lowest BCUT2D eigenvalue weighted by molar-refractivity contribution is -0.143. The Kier molecular flexibility index (Phi) is 26.8. The summed E-state index contributed by atoms with van der Waals surface area (Å²) in [6.45, 7) is 18.4. The van der Waals surface area contributed by atoms with Gasteiger partial charge in [-0.05, 0) is 72.6 Å². The van der Waals surface area contributed by atoms with E-state index in [2.05, 4.69) is 42.5 Å². The molecule has 21 heteroatoms. The first-order valence-corrected chi connectivity index (χ1v) is 25.6. The molecule has 0 fully saturated rings. The fraction of sp³-hybridized carbons (Fsp3) is 0.604. The highest BCUT2D eigenvalue weighted by atomic mass is 16.4. The van der Waals surface area contributed by atoms with Gasteiger partial charge in [-0.25, -0.2) is 4.79 Å². The van der Waals surface area contributed by atoms with Gasteiger partial charge in [0.25, 0.3) is 0 Å². The van der Waals surface area contributed by atoms with Gasteiger partial charge in [-0.2, -0.15) is 0 Å². The summed E-state index contributed by atoms with van der Waals surface area (Å²) in [7, 11) is 0. The number of aliphatic carboxylic acids is 1. The number of hydrogen-bond donors (Lipinski definition) is 12. The Morgan fingerprint density at radius 1 is 0.473 bits per heavy atom. The Bertz CT molecular complexity index is 2180. The summed E-state index contributed by atoms with van der Waals surface area (Å²) in [6, 6.07) is 3.72. The van der Waals surface area contributed by atoms with Gasteiger partial charge in [0.15, 0.2) is 0 Å². The molecule has 0 saturated heterocycles. The first-order chi connectivity index (χ1) is 34.7. The Morgan fingerprint density at radius 2 is 0.878 bits per heavy atom. The molecule has 0 radical (unpaired) electrons. The first-order valence-electron chi connectivity index (χ1n) is 25.6. The fourth-order valence-corrected chi connectivity index (χ4v) is 7.81. The molecule has 0 aliphatic heterocycles. The van der Waals surface area contributed by atoms with Crippen LogP contribution < -0.4 is 48.3 Å². The number of hydrogen-bond acceptors (Lipinski definition) is 12. The zero-order chi connectivity index (χ0) is 56.0. The molecule has 0 aliphatic carbocycles. The largest absolute Gasteiger partial charge is 0.508 e. The van der Waals surface area contributed by atoms with Crippen molar-refractivity contribution in [2.75, 3.05) is 6.61 Å². The van der Waals surface area contributed by atoms with Crippen LogP contribution in [0, 0.1) is 29.6 Å². The summed E-state index contributed by atoms with van der Waals surface area (Å²) in [4.78, 5) is 123. The van der Waals surface area contributed by atoms with Gasteiger partial charge in [0.1, 0.15) is 54.1 Å². The first kappa shape index (κ1) is 63.5. The van der Waals surface area contributed by atoms with Gasteiger partial charge < -0.3 is 63.6 Å². The van der Waals surface area contributed by atoms with Crippen LogP contribution in [0.5, 0.6) is 5.75 Å². The molecule has 8 amide bonds. The average Bonchev–Trinajstić information content (AvgIpc) is 3.34. The second-order valence-electron chi connectivity index (χ2n) is 20.4. The molecule has 13 N–H and O–H groups in total. The Hall–Kier alpha value is -6.61. The number of aliphatic hydroxyl groups excluding tert-OH is 1. The zero-order valence-electron chi connectivity index (χ0n) is 44.8. The molecule has 21 nitrogen and oxygen atoms in total. The molecule has 2 aromatic rings. The maximum atomic E-state index is 14.5. The number of nitrogens with two attached hydrogens (primary N) is 1. The van der Waals surface area contributed by atoms with Crippen LogP contribution in [0.4, 0.5) is 0 Å². The number of benzene rings is 2. The minimum Gasteiger partial charge on any atom is -0.508 e. The SMILES string of the molecule is CC[C@H](C)[C@H](NC(=O)[C@H](CC(C)C)NC(=O)[C@H](Cc1ccc(O)cc1)NC(=O)[C@@H](N)CC(C)C)C(=O)N[C@H](C(=O)N[C@@H](Cc1ccccc1)C(=O)N[C@H](C(=O)N[C@@H](C)C(=O)N[C@@H](CO)C(=O)O)C(C)C)[C@@H](C)CC. The van der Waals surface area contributed by atoms with Crippen molar-refractivity contribution in [2.24, 2.45) is 35.3 Å². The van der Waals surface area contributed by atoms with E-state index in [4.69, 9.17) is 5.73 Å². The average molecular weight is 1040 g/mol. The van der Waals surface area contributed by atoms with Crippen molar-refractivity contribution >= 4 is 53.2 Å². The molecule has 74 heavy (non-hydrogen) atoms. The summed E-state index contributed by atoms with van der Waals surface area (Å²) in [5.41, 5.74) is 7.44. The minimum absolute atomic E-state index is 0.00470. The standard InChI is InChI=1S/C53H83N9O12/c1-12-31(9)43(51(71)58-40(25-34-17-15-14-16-18-34)49(69)60-42(30(7)8)50(70)55-33(11)45(65)59-41(27-63)53(73)74)62-52(72)44(32(10)13-2)61-48(68)38(24-29(5)6)57-47(67)39(26-35-19-21-36(64)22-20-35)56-46(66)37(54)23-28(3)4/h14-22,28-33,37-44,63-64H,12-13,23-27,54H2,1-11H3,(H,55,70)(H,56,66)(H,57,67)(H,58,71)(H,59,65)(H,60,69)(H,61,68)(H,62,72)(H,73,74)/t31-,32-,33-,37-,38-,39-,40-,41-,42-,43-,44-/m0/s1. The lowest BCUT2D eigenvalue weighted by Crippen LogP contribution is -2.62. The van der Waals surface area contributed by atoms with E-state index in [-0.39, 0.29) is 36.8 Å². The number of carboxylic acids is 1. The third-order valence-electron chi connectivity index (χ3n) is 12.7. The van der Waals surface area contributed by atoms with Crippen LogP contribution in [0.25, 0.3) is 0 Å². The zero-order valence-corrected chi connectivity index (χ0v) is 44.8.